The Bertz CT molecular complexity index is 72.4. The molecule has 0 fully saturated rings. The molecule has 0 unspecified atom stereocenters. The Labute approximate surface area is 89.7 Å². The topological polar surface area (TPSA) is 0 Å². The molecule has 0 saturated heterocycles. The van der Waals surface area contributed by atoms with Crippen molar-refractivity contribution in [2.24, 2.45) is 0 Å². The van der Waals surface area contributed by atoms with E-state index in [0.717, 1.165) is 0 Å². The number of unbranched alkanes of at least 4 members (excludes halogenated alkanes) is 3. The second kappa shape index (κ2) is 9.90. The maximum atomic E-state index is 2.38. The molecule has 0 heterocycles. The van der Waals surface area contributed by atoms with Crippen LogP contribution in [0.25, 0.3) is 0 Å². The average molecular weight is 180 g/mol. The molecule has 0 saturated carbocycles. The summed E-state index contributed by atoms with van der Waals surface area (Å²) in [6.07, 6.45) is 5.54. The summed E-state index contributed by atoms with van der Waals surface area (Å²) in [6, 6.07) is 0. The monoisotopic (exact) mass is 180 g/mol. The van der Waals surface area contributed by atoms with E-state index in [2.05, 4.69) is 51.2 Å². The molecule has 0 bridgehead atoms. The van der Waals surface area contributed by atoms with Gasteiger partial charge in [0.15, 0.2) is 0 Å². The summed E-state index contributed by atoms with van der Waals surface area (Å²) >= 11 is 2.27. The second-order valence-corrected chi connectivity index (χ2v) is 10.4. The zero-order chi connectivity index (χ0) is 10.0. The molecule has 0 spiro atoms. The minimum absolute atomic E-state index is 0.631. The first-order chi connectivity index (χ1) is 5.47. The van der Waals surface area contributed by atoms with Crippen LogP contribution in [0.4, 0.5) is 0 Å². The molecular formula is C10H25LiSi. The molecule has 0 rings (SSSR count). The van der Waals surface area contributed by atoms with E-state index in [1.54, 1.807) is 0 Å². The molecule has 0 radical (unpaired) electrons. The van der Waals surface area contributed by atoms with Gasteiger partial charge in [0.25, 0.3) is 0 Å². The maximum absolute atomic E-state index is 2.38. The first-order valence-corrected chi connectivity index (χ1v) is 9.18. The molecule has 0 aliphatic heterocycles. The molecule has 70 valence electrons. The van der Waals surface area contributed by atoms with Gasteiger partial charge in [-0.1, -0.05) is 39.5 Å². The fourth-order valence-corrected chi connectivity index (χ4v) is 0.500. The number of hydrogen-bond donors (Lipinski definition) is 0. The van der Waals surface area contributed by atoms with Gasteiger partial charge in [-0.05, 0) is 0 Å². The predicted octanol–water partition coefficient (Wildman–Crippen LogP) is 4.04. The van der Waals surface area contributed by atoms with Crippen LogP contribution in [0, 0.1) is 0 Å². The summed E-state index contributed by atoms with van der Waals surface area (Å²) in [4.78, 5) is 0. The Balaban J connectivity index is 0. The molecule has 0 aliphatic carbocycles. The van der Waals surface area contributed by atoms with Crippen molar-refractivity contribution in [3.05, 3.63) is 0 Å². The van der Waals surface area contributed by atoms with Gasteiger partial charge >= 0.3 is 50.1 Å². The van der Waals surface area contributed by atoms with Crippen LogP contribution in [0.2, 0.25) is 24.4 Å². The van der Waals surface area contributed by atoms with Crippen LogP contribution < -0.4 is 0 Å². The number of rotatable bonds is 4. The van der Waals surface area contributed by atoms with Gasteiger partial charge in [0.2, 0.25) is 0 Å². The summed E-state index contributed by atoms with van der Waals surface area (Å²) in [5.74, 6) is 0. The van der Waals surface area contributed by atoms with E-state index in [4.69, 9.17) is 0 Å². The van der Waals surface area contributed by atoms with Crippen LogP contribution >= 0.6 is 0 Å². The van der Waals surface area contributed by atoms with E-state index in [1.807, 2.05) is 0 Å². The van der Waals surface area contributed by atoms with Crippen molar-refractivity contribution < 1.29 is 0 Å². The van der Waals surface area contributed by atoms with Crippen molar-refractivity contribution >= 4 is 25.8 Å². The van der Waals surface area contributed by atoms with Crippen molar-refractivity contribution in [3.8, 4) is 0 Å². The third-order valence-electron chi connectivity index (χ3n) is 2.02. The minimum atomic E-state index is -0.631. The Morgan fingerprint density at radius 1 is 0.917 bits per heavy atom. The zero-order valence-corrected chi connectivity index (χ0v) is 11.0. The van der Waals surface area contributed by atoms with Crippen LogP contribution in [0.1, 0.15) is 39.5 Å². The molecule has 0 amide bonds. The summed E-state index contributed by atoms with van der Waals surface area (Å²) in [5.41, 5.74) is 0. The first kappa shape index (κ1) is 15.3. The van der Waals surface area contributed by atoms with Gasteiger partial charge in [0.05, 0.1) is 0 Å². The van der Waals surface area contributed by atoms with Crippen molar-refractivity contribution in [2.45, 2.75) is 63.9 Å². The molecule has 0 aromatic carbocycles. The van der Waals surface area contributed by atoms with Gasteiger partial charge < -0.3 is 0 Å². The molecule has 0 nitrogen and oxygen atoms in total. The molecule has 2 heteroatoms. The molecule has 12 heavy (non-hydrogen) atoms. The predicted molar refractivity (Wildman–Crippen MR) is 63.7 cm³/mol. The molecule has 0 N–H and O–H groups in total. The van der Waals surface area contributed by atoms with E-state index in [9.17, 15) is 0 Å². The van der Waals surface area contributed by atoms with Crippen LogP contribution in [0.3, 0.4) is 0 Å². The quantitative estimate of drug-likeness (QED) is 0.452. The van der Waals surface area contributed by atoms with E-state index < -0.39 is 8.07 Å². The van der Waals surface area contributed by atoms with Crippen molar-refractivity contribution in [1.29, 1.82) is 0 Å². The van der Waals surface area contributed by atoms with E-state index in [0.29, 0.717) is 0 Å². The number of hydrogen-bond acceptors (Lipinski definition) is 0. The molecular weight excluding hydrogens is 155 g/mol. The molecule has 0 atom stereocenters. The van der Waals surface area contributed by atoms with Crippen LogP contribution in [0.15, 0.2) is 0 Å². The van der Waals surface area contributed by atoms with Crippen molar-refractivity contribution in [2.75, 3.05) is 0 Å². The normalized spacial score (nSPS) is 10.6. The Morgan fingerprint density at radius 3 is 1.25 bits per heavy atom. The molecule has 0 aromatic rings. The summed E-state index contributed by atoms with van der Waals surface area (Å²) in [7, 11) is -0.631. The second-order valence-electron chi connectivity index (χ2n) is 4.62. The standard InChI is InChI=1S/C6H14.C4H11Si.Li/c1-3-5-6-4-2;1-5(2,3)4;/h3-6H2,1-2H3;1H2,2-4H3;. The van der Waals surface area contributed by atoms with Crippen molar-refractivity contribution in [3.63, 3.8) is 0 Å². The average Bonchev–Trinajstić information content (AvgIpc) is 2.01. The van der Waals surface area contributed by atoms with Crippen molar-refractivity contribution in [1.82, 2.24) is 0 Å². The third kappa shape index (κ3) is 22.4. The summed E-state index contributed by atoms with van der Waals surface area (Å²) in [6.45, 7) is 11.6. The van der Waals surface area contributed by atoms with E-state index in [1.165, 1.54) is 30.4 Å². The van der Waals surface area contributed by atoms with Gasteiger partial charge in [-0.15, -0.1) is 0 Å². The van der Waals surface area contributed by atoms with Crippen LogP contribution in [-0.4, -0.2) is 25.8 Å². The summed E-state index contributed by atoms with van der Waals surface area (Å²) in [5, 5.41) is 0. The zero-order valence-electron chi connectivity index (χ0n) is 10.0. The van der Waals surface area contributed by atoms with Crippen LogP contribution in [0.5, 0.6) is 0 Å². The molecule has 0 aromatic heterocycles. The van der Waals surface area contributed by atoms with Gasteiger partial charge in [-0.25, -0.2) is 0 Å². The SMILES string of the molecule is CCCCCC.[Li][CH2][Si](C)(C)C. The molecule has 0 aliphatic rings. The van der Waals surface area contributed by atoms with Gasteiger partial charge in [0, 0.05) is 0 Å². The van der Waals surface area contributed by atoms with Gasteiger partial charge in [0.1, 0.15) is 0 Å². The first-order valence-electron chi connectivity index (χ1n) is 5.47. The third-order valence-corrected chi connectivity index (χ3v) is 4.14. The fraction of sp³-hybridized carbons (Fsp3) is 1.00. The fourth-order valence-electron chi connectivity index (χ4n) is 0.500. The van der Waals surface area contributed by atoms with E-state index >= 15 is 0 Å². The Morgan fingerprint density at radius 2 is 1.17 bits per heavy atom. The van der Waals surface area contributed by atoms with Crippen LogP contribution in [-0.2, 0) is 0 Å². The van der Waals surface area contributed by atoms with E-state index in [-0.39, 0.29) is 0 Å². The van der Waals surface area contributed by atoms with Gasteiger partial charge in [-0.2, -0.15) is 0 Å². The van der Waals surface area contributed by atoms with Gasteiger partial charge in [-0.3, -0.25) is 0 Å². The summed E-state index contributed by atoms with van der Waals surface area (Å²) < 4.78 is 1.41. The Hall–Kier alpha value is 0.814. The Kier molecular flexibility index (Phi) is 12.6.